The zero-order valence-corrected chi connectivity index (χ0v) is 16.6. The van der Waals surface area contributed by atoms with Crippen molar-refractivity contribution in [3.63, 3.8) is 0 Å². The predicted octanol–water partition coefficient (Wildman–Crippen LogP) is 3.51. The van der Waals surface area contributed by atoms with Gasteiger partial charge < -0.3 is 15.1 Å². The molecule has 0 spiro atoms. The second kappa shape index (κ2) is 9.54. The van der Waals surface area contributed by atoms with Crippen LogP contribution < -0.4 is 10.6 Å². The maximum Gasteiger partial charge on any atom is 0.220 e. The van der Waals surface area contributed by atoms with Crippen LogP contribution in [0.1, 0.15) is 50.7 Å². The topological polar surface area (TPSA) is 97.9 Å². The molecular weight excluding hydrogens is 368 g/mol. The van der Waals surface area contributed by atoms with Crippen molar-refractivity contribution in [2.45, 2.75) is 58.0 Å². The van der Waals surface area contributed by atoms with Crippen LogP contribution in [-0.2, 0) is 17.9 Å². The van der Waals surface area contributed by atoms with Gasteiger partial charge in [0, 0.05) is 13.0 Å². The molecule has 0 radical (unpaired) electrons. The van der Waals surface area contributed by atoms with Gasteiger partial charge in [-0.1, -0.05) is 32.1 Å². The van der Waals surface area contributed by atoms with Gasteiger partial charge in [-0.3, -0.25) is 4.79 Å². The number of rotatable bonds is 9. The molecule has 1 amide bonds. The molecule has 8 heteroatoms. The summed E-state index contributed by atoms with van der Waals surface area (Å²) in [4.78, 5) is 20.8. The fraction of sp³-hybridized carbons (Fsp3) is 0.524. The lowest BCUT2D eigenvalue weighted by molar-refractivity contribution is -0.121. The minimum Gasteiger partial charge on any atom is -0.467 e. The van der Waals surface area contributed by atoms with Gasteiger partial charge in [0.1, 0.15) is 17.9 Å². The smallest absolute Gasteiger partial charge is 0.220 e. The molecule has 0 bridgehead atoms. The molecule has 29 heavy (non-hydrogen) atoms. The second-order valence-corrected chi connectivity index (χ2v) is 7.65. The summed E-state index contributed by atoms with van der Waals surface area (Å²) < 4.78 is 7.14. The van der Waals surface area contributed by atoms with Crippen molar-refractivity contribution in [1.29, 1.82) is 0 Å². The first kappa shape index (κ1) is 19.4. The number of hydrogen-bond donors (Lipinski definition) is 2. The molecule has 1 saturated carbocycles. The van der Waals surface area contributed by atoms with Crippen LogP contribution in [0.25, 0.3) is 11.0 Å². The van der Waals surface area contributed by atoms with E-state index in [1.54, 1.807) is 17.1 Å². The van der Waals surface area contributed by atoms with Gasteiger partial charge in [-0.05, 0) is 24.5 Å². The standard InChI is InChI=1S/C21H28N6O2/c28-19(9-8-16-5-2-1-3-6-16)22-10-11-27-21-18(14-26-27)20(24-15-25-21)23-13-17-7-4-12-29-17/h4,7,12,14-16H,1-3,5-6,8-11,13H2,(H,22,28)(H,23,24,25). The Morgan fingerprint density at radius 1 is 1.24 bits per heavy atom. The number of nitrogens with zero attached hydrogens (tertiary/aromatic N) is 4. The van der Waals surface area contributed by atoms with E-state index in [4.69, 9.17) is 4.42 Å². The van der Waals surface area contributed by atoms with E-state index < -0.39 is 0 Å². The fourth-order valence-corrected chi connectivity index (χ4v) is 3.98. The summed E-state index contributed by atoms with van der Waals surface area (Å²) >= 11 is 0. The summed E-state index contributed by atoms with van der Waals surface area (Å²) in [7, 11) is 0. The van der Waals surface area contributed by atoms with Crippen molar-refractivity contribution >= 4 is 22.8 Å². The zero-order chi connectivity index (χ0) is 19.9. The van der Waals surface area contributed by atoms with Crippen molar-refractivity contribution in [2.75, 3.05) is 11.9 Å². The number of aromatic nitrogens is 4. The lowest BCUT2D eigenvalue weighted by atomic mass is 9.86. The summed E-state index contributed by atoms with van der Waals surface area (Å²) in [5, 5.41) is 11.5. The first-order chi connectivity index (χ1) is 14.3. The SMILES string of the molecule is O=C(CCC1CCCCC1)NCCn1ncc2c(NCc3ccco3)ncnc21. The van der Waals surface area contributed by atoms with Gasteiger partial charge >= 0.3 is 0 Å². The summed E-state index contributed by atoms with van der Waals surface area (Å²) in [6, 6.07) is 3.76. The Morgan fingerprint density at radius 3 is 2.97 bits per heavy atom. The largest absolute Gasteiger partial charge is 0.467 e. The van der Waals surface area contributed by atoms with Crippen LogP contribution in [0.15, 0.2) is 35.3 Å². The number of carbonyl (C=O) groups excluding carboxylic acids is 1. The Labute approximate surface area is 170 Å². The molecule has 0 atom stereocenters. The van der Waals surface area contributed by atoms with E-state index in [9.17, 15) is 4.79 Å². The molecule has 8 nitrogen and oxygen atoms in total. The molecular formula is C21H28N6O2. The van der Waals surface area contributed by atoms with Crippen LogP contribution in [0.2, 0.25) is 0 Å². The number of carbonyl (C=O) groups is 1. The first-order valence-corrected chi connectivity index (χ1v) is 10.5. The second-order valence-electron chi connectivity index (χ2n) is 7.65. The van der Waals surface area contributed by atoms with Gasteiger partial charge in [0.2, 0.25) is 5.91 Å². The van der Waals surface area contributed by atoms with Crippen LogP contribution in [-0.4, -0.2) is 32.2 Å². The number of amides is 1. The third-order valence-corrected chi connectivity index (χ3v) is 5.59. The average molecular weight is 396 g/mol. The minimum absolute atomic E-state index is 0.127. The van der Waals surface area contributed by atoms with Crippen LogP contribution in [0, 0.1) is 5.92 Å². The van der Waals surface area contributed by atoms with E-state index in [2.05, 4.69) is 25.7 Å². The van der Waals surface area contributed by atoms with Crippen molar-refractivity contribution in [1.82, 2.24) is 25.1 Å². The van der Waals surface area contributed by atoms with E-state index >= 15 is 0 Å². The Hall–Kier alpha value is -2.90. The zero-order valence-electron chi connectivity index (χ0n) is 16.6. The molecule has 1 aliphatic carbocycles. The van der Waals surface area contributed by atoms with E-state index in [0.717, 1.165) is 29.1 Å². The van der Waals surface area contributed by atoms with Crippen molar-refractivity contribution < 1.29 is 9.21 Å². The van der Waals surface area contributed by atoms with Crippen molar-refractivity contribution in [3.05, 3.63) is 36.7 Å². The van der Waals surface area contributed by atoms with E-state index in [1.165, 1.54) is 38.4 Å². The van der Waals surface area contributed by atoms with Crippen LogP contribution in [0.5, 0.6) is 0 Å². The molecule has 0 aliphatic heterocycles. The Balaban J connectivity index is 1.27. The summed E-state index contributed by atoms with van der Waals surface area (Å²) in [5.74, 6) is 2.41. The highest BCUT2D eigenvalue weighted by atomic mass is 16.3. The fourth-order valence-electron chi connectivity index (χ4n) is 3.98. The molecule has 2 N–H and O–H groups in total. The van der Waals surface area contributed by atoms with Gasteiger partial charge in [-0.15, -0.1) is 0 Å². The normalized spacial score (nSPS) is 14.9. The lowest BCUT2D eigenvalue weighted by Gasteiger charge is -2.20. The van der Waals surface area contributed by atoms with E-state index in [1.807, 2.05) is 12.1 Å². The summed E-state index contributed by atoms with van der Waals surface area (Å²) in [5.41, 5.74) is 0.749. The maximum atomic E-state index is 12.1. The molecule has 1 aliphatic rings. The van der Waals surface area contributed by atoms with Gasteiger partial charge in [0.05, 0.1) is 30.9 Å². The highest BCUT2D eigenvalue weighted by Gasteiger charge is 2.15. The number of anilines is 1. The lowest BCUT2D eigenvalue weighted by Crippen LogP contribution is -2.28. The van der Waals surface area contributed by atoms with E-state index in [-0.39, 0.29) is 5.91 Å². The predicted molar refractivity (Wildman–Crippen MR) is 110 cm³/mol. The quantitative estimate of drug-likeness (QED) is 0.574. The molecule has 0 aromatic carbocycles. The molecule has 0 saturated heterocycles. The maximum absolute atomic E-state index is 12.1. The van der Waals surface area contributed by atoms with Crippen LogP contribution >= 0.6 is 0 Å². The molecule has 154 valence electrons. The molecule has 1 fully saturated rings. The minimum atomic E-state index is 0.127. The van der Waals surface area contributed by atoms with Crippen LogP contribution in [0.4, 0.5) is 5.82 Å². The highest BCUT2D eigenvalue weighted by molar-refractivity contribution is 5.86. The first-order valence-electron chi connectivity index (χ1n) is 10.5. The number of nitrogens with one attached hydrogen (secondary N) is 2. The Morgan fingerprint density at radius 2 is 2.14 bits per heavy atom. The number of hydrogen-bond acceptors (Lipinski definition) is 6. The molecule has 4 rings (SSSR count). The molecule has 3 heterocycles. The third-order valence-electron chi connectivity index (χ3n) is 5.59. The van der Waals surface area contributed by atoms with Crippen molar-refractivity contribution in [3.8, 4) is 0 Å². The van der Waals surface area contributed by atoms with Gasteiger partial charge in [-0.25, -0.2) is 14.6 Å². The molecule has 3 aromatic heterocycles. The Bertz CT molecular complexity index is 915. The summed E-state index contributed by atoms with van der Waals surface area (Å²) in [6.07, 6.45) is 13.1. The average Bonchev–Trinajstić information content (AvgIpc) is 3.42. The monoisotopic (exact) mass is 396 g/mol. The number of furan rings is 1. The third kappa shape index (κ3) is 5.13. The van der Waals surface area contributed by atoms with Crippen LogP contribution in [0.3, 0.4) is 0 Å². The Kier molecular flexibility index (Phi) is 6.38. The van der Waals surface area contributed by atoms with Gasteiger partial charge in [0.15, 0.2) is 5.65 Å². The highest BCUT2D eigenvalue weighted by Crippen LogP contribution is 2.27. The van der Waals surface area contributed by atoms with E-state index in [0.29, 0.717) is 31.9 Å². The van der Waals surface area contributed by atoms with Crippen molar-refractivity contribution in [2.24, 2.45) is 5.92 Å². The molecule has 3 aromatic rings. The number of fused-ring (bicyclic) bond motifs is 1. The van der Waals surface area contributed by atoms with Gasteiger partial charge in [-0.2, -0.15) is 5.10 Å². The molecule has 0 unspecified atom stereocenters. The van der Waals surface area contributed by atoms with Gasteiger partial charge in [0.25, 0.3) is 0 Å². The summed E-state index contributed by atoms with van der Waals surface area (Å²) in [6.45, 7) is 1.66.